The van der Waals surface area contributed by atoms with E-state index >= 15 is 0 Å². The number of nitrogen functional groups attached to an aromatic ring is 1. The Bertz CT molecular complexity index is 378. The summed E-state index contributed by atoms with van der Waals surface area (Å²) in [6.45, 7) is 0. The average molecular weight is 225 g/mol. The van der Waals surface area contributed by atoms with E-state index in [-0.39, 0.29) is 11.4 Å². The van der Waals surface area contributed by atoms with Crippen LogP contribution in [0.5, 0.6) is 5.75 Å². The first-order valence-corrected chi connectivity index (χ1v) is 4.54. The van der Waals surface area contributed by atoms with E-state index in [0.29, 0.717) is 0 Å². The van der Waals surface area contributed by atoms with E-state index in [0.717, 1.165) is 18.2 Å². The first kappa shape index (κ1) is 10.8. The first-order valence-electron chi connectivity index (χ1n) is 3.39. The van der Waals surface area contributed by atoms with E-state index in [1.54, 1.807) is 0 Å². The van der Waals surface area contributed by atoms with Crippen LogP contribution in [0, 0.1) is 0 Å². The van der Waals surface area contributed by atoms with Crippen LogP contribution in [0.2, 0.25) is 0 Å². The Balaban J connectivity index is 3.10. The topological polar surface area (TPSA) is 63.3 Å². The molecule has 0 aliphatic carbocycles. The Morgan fingerprint density at radius 2 is 1.93 bits per heavy atom. The van der Waals surface area contributed by atoms with Gasteiger partial charge in [0, 0.05) is 0 Å². The third-order valence-corrected chi connectivity index (χ3v) is 2.53. The number of hydrogen-bond acceptors (Lipinski definition) is 3. The van der Waals surface area contributed by atoms with Crippen LogP contribution < -0.4 is 5.73 Å². The van der Waals surface area contributed by atoms with Gasteiger partial charge < -0.3 is 10.8 Å². The zero-order valence-electron chi connectivity index (χ0n) is 6.71. The Kier molecular flexibility index (Phi) is 2.70. The number of hydrogen-bond donors (Lipinski definition) is 2. The van der Waals surface area contributed by atoms with Gasteiger partial charge in [-0.3, -0.25) is 0 Å². The molecule has 0 radical (unpaired) electrons. The van der Waals surface area contributed by atoms with E-state index in [1.165, 1.54) is 0 Å². The van der Waals surface area contributed by atoms with Gasteiger partial charge in [-0.1, -0.05) is 0 Å². The van der Waals surface area contributed by atoms with E-state index in [1.807, 2.05) is 0 Å². The van der Waals surface area contributed by atoms with Gasteiger partial charge >= 0.3 is 5.51 Å². The predicted octanol–water partition coefficient (Wildman–Crippen LogP) is 1.60. The highest BCUT2D eigenvalue weighted by Crippen LogP contribution is 2.29. The van der Waals surface area contributed by atoms with E-state index in [9.17, 15) is 17.4 Å². The maximum Gasteiger partial charge on any atom is 0.475 e. The highest BCUT2D eigenvalue weighted by molar-refractivity contribution is 7.86. The molecule has 78 valence electrons. The molecule has 7 heteroatoms. The molecule has 14 heavy (non-hydrogen) atoms. The van der Waals surface area contributed by atoms with Crippen molar-refractivity contribution in [2.45, 2.75) is 10.4 Å². The molecular formula is C7H6F3NO2S. The van der Waals surface area contributed by atoms with Crippen molar-refractivity contribution < 1.29 is 22.5 Å². The van der Waals surface area contributed by atoms with Crippen molar-refractivity contribution in [3.8, 4) is 5.75 Å². The maximum absolute atomic E-state index is 12.0. The van der Waals surface area contributed by atoms with Gasteiger partial charge in [-0.15, -0.1) is 0 Å². The molecule has 0 spiro atoms. The van der Waals surface area contributed by atoms with Gasteiger partial charge in [-0.25, -0.2) is 4.21 Å². The summed E-state index contributed by atoms with van der Waals surface area (Å²) >= 11 is 0. The quantitative estimate of drug-likeness (QED) is 0.563. The Hall–Kier alpha value is -1.24. The highest BCUT2D eigenvalue weighted by atomic mass is 32.2. The lowest BCUT2D eigenvalue weighted by Crippen LogP contribution is -2.16. The lowest BCUT2D eigenvalue weighted by molar-refractivity contribution is -0.0384. The molecule has 0 amide bonds. The molecule has 0 heterocycles. The largest absolute Gasteiger partial charge is 0.506 e. The van der Waals surface area contributed by atoms with E-state index in [2.05, 4.69) is 0 Å². The molecule has 0 fully saturated rings. The predicted molar refractivity (Wildman–Crippen MR) is 45.0 cm³/mol. The summed E-state index contributed by atoms with van der Waals surface area (Å²) in [4.78, 5) is -0.479. The van der Waals surface area contributed by atoms with Crippen molar-refractivity contribution in [1.29, 1.82) is 0 Å². The SMILES string of the molecule is Nc1cc([S@@](=O)C(F)(F)F)ccc1O. The van der Waals surface area contributed by atoms with Crippen molar-refractivity contribution >= 4 is 16.5 Å². The third-order valence-electron chi connectivity index (χ3n) is 1.42. The first-order chi connectivity index (χ1) is 6.32. The Morgan fingerprint density at radius 3 is 2.36 bits per heavy atom. The second-order valence-electron chi connectivity index (χ2n) is 2.44. The lowest BCUT2D eigenvalue weighted by Gasteiger charge is -2.06. The number of halogens is 3. The monoisotopic (exact) mass is 225 g/mol. The molecule has 0 aromatic heterocycles. The van der Waals surface area contributed by atoms with Crippen molar-refractivity contribution in [3.63, 3.8) is 0 Å². The molecule has 1 rings (SSSR count). The molecular weight excluding hydrogens is 219 g/mol. The van der Waals surface area contributed by atoms with Gasteiger partial charge in [-0.05, 0) is 18.2 Å². The molecule has 0 saturated heterocycles. The molecule has 0 bridgehead atoms. The summed E-state index contributed by atoms with van der Waals surface area (Å²) in [5, 5.41) is 8.92. The van der Waals surface area contributed by atoms with Crippen molar-refractivity contribution in [2.75, 3.05) is 5.73 Å². The second-order valence-corrected chi connectivity index (χ2v) is 3.91. The number of rotatable bonds is 1. The lowest BCUT2D eigenvalue weighted by atomic mass is 10.3. The Morgan fingerprint density at radius 1 is 1.36 bits per heavy atom. The number of phenolic OH excluding ortho intramolecular Hbond substituents is 1. The van der Waals surface area contributed by atoms with Gasteiger partial charge in [0.25, 0.3) is 0 Å². The molecule has 1 atom stereocenters. The number of phenols is 1. The summed E-state index contributed by atoms with van der Waals surface area (Å²) < 4.78 is 46.7. The van der Waals surface area contributed by atoms with Crippen LogP contribution >= 0.6 is 0 Å². The van der Waals surface area contributed by atoms with Crippen molar-refractivity contribution in [3.05, 3.63) is 18.2 Å². The molecule has 1 aromatic carbocycles. The zero-order valence-corrected chi connectivity index (χ0v) is 7.52. The minimum Gasteiger partial charge on any atom is -0.506 e. The van der Waals surface area contributed by atoms with Gasteiger partial charge in [0.15, 0.2) is 10.8 Å². The summed E-state index contributed by atoms with van der Waals surface area (Å²) in [7, 11) is -3.11. The van der Waals surface area contributed by atoms with Crippen LogP contribution in [0.4, 0.5) is 18.9 Å². The van der Waals surface area contributed by atoms with Crippen molar-refractivity contribution in [2.24, 2.45) is 0 Å². The molecule has 0 aliphatic rings. The van der Waals surface area contributed by atoms with Crippen LogP contribution in [0.3, 0.4) is 0 Å². The van der Waals surface area contributed by atoms with Crippen LogP contribution in [0.25, 0.3) is 0 Å². The van der Waals surface area contributed by atoms with Crippen molar-refractivity contribution in [1.82, 2.24) is 0 Å². The highest BCUT2D eigenvalue weighted by Gasteiger charge is 2.38. The van der Waals surface area contributed by atoms with E-state index in [4.69, 9.17) is 10.8 Å². The number of anilines is 1. The molecule has 0 unspecified atom stereocenters. The maximum atomic E-state index is 12.0. The molecule has 3 nitrogen and oxygen atoms in total. The minimum absolute atomic E-state index is 0.236. The number of benzene rings is 1. The fourth-order valence-corrected chi connectivity index (χ4v) is 1.47. The van der Waals surface area contributed by atoms with Gasteiger partial charge in [-0.2, -0.15) is 13.2 Å². The fraction of sp³-hybridized carbons (Fsp3) is 0.143. The smallest absolute Gasteiger partial charge is 0.475 e. The number of aromatic hydroxyl groups is 1. The third kappa shape index (κ3) is 2.16. The van der Waals surface area contributed by atoms with Crippen LogP contribution in [-0.4, -0.2) is 14.8 Å². The van der Waals surface area contributed by atoms with Crippen LogP contribution in [-0.2, 0) is 10.8 Å². The fourth-order valence-electron chi connectivity index (χ4n) is 0.782. The summed E-state index contributed by atoms with van der Waals surface area (Å²) in [6.07, 6.45) is 0. The Labute approximate surface area is 79.8 Å². The van der Waals surface area contributed by atoms with Gasteiger partial charge in [0.05, 0.1) is 10.6 Å². The average Bonchev–Trinajstić information content (AvgIpc) is 2.07. The van der Waals surface area contributed by atoms with Gasteiger partial charge in [0.1, 0.15) is 5.75 Å². The summed E-state index contributed by atoms with van der Waals surface area (Å²) in [5.74, 6) is -0.340. The number of alkyl halides is 3. The molecule has 1 aromatic rings. The standard InChI is InChI=1S/C7H6F3NO2S/c8-7(9,10)14(13)4-1-2-6(12)5(11)3-4/h1-3,12H,11H2/t14-/m1/s1. The second kappa shape index (κ2) is 3.49. The minimum atomic E-state index is -4.82. The summed E-state index contributed by atoms with van der Waals surface area (Å²) in [6, 6.07) is 2.71. The number of nitrogens with two attached hydrogens (primary N) is 1. The zero-order chi connectivity index (χ0) is 10.9. The molecule has 3 N–H and O–H groups in total. The van der Waals surface area contributed by atoms with E-state index < -0.39 is 21.2 Å². The molecule has 0 saturated carbocycles. The van der Waals surface area contributed by atoms with Gasteiger partial charge in [0.2, 0.25) is 0 Å². The normalized spacial score (nSPS) is 13.9. The van der Waals surface area contributed by atoms with Crippen LogP contribution in [0.1, 0.15) is 0 Å². The molecule has 0 aliphatic heterocycles. The summed E-state index contributed by atoms with van der Waals surface area (Å²) in [5.41, 5.74) is 0.0978. The van der Waals surface area contributed by atoms with Crippen LogP contribution in [0.15, 0.2) is 23.1 Å².